The van der Waals surface area contributed by atoms with Crippen LogP contribution in [0.5, 0.6) is 5.75 Å². The molecule has 0 atom stereocenters. The molecule has 0 saturated heterocycles. The molecule has 1 aliphatic carbocycles. The molecule has 1 aromatic carbocycles. The number of hydrogen-bond donors (Lipinski definition) is 1. The summed E-state index contributed by atoms with van der Waals surface area (Å²) in [5, 5.41) is 14.0. The van der Waals surface area contributed by atoms with E-state index in [0.29, 0.717) is 28.0 Å². The second-order valence-corrected chi connectivity index (χ2v) is 12.5. The van der Waals surface area contributed by atoms with Gasteiger partial charge in [-0.05, 0) is 76.3 Å². The number of ether oxygens (including phenoxy) is 2. The van der Waals surface area contributed by atoms with Crippen LogP contribution in [-0.4, -0.2) is 45.2 Å². The molecule has 4 aromatic rings. The van der Waals surface area contributed by atoms with Crippen LogP contribution in [0.1, 0.15) is 63.4 Å². The third-order valence-corrected chi connectivity index (χ3v) is 9.34. The standard InChI is InChI=1S/C29H29Cl2N5O5S2/c1-4-39-28(38)26-20-7-5-6-8-23(20)43-27(26)36-16(2)11-18(17(36)3)13-32-33-24(37)15-42-29-35-34-25(41-29)14-40-22-10-9-19(30)12-21(22)31/h9-13H,4-8,14-15H2,1-3H3,(H,33,37)/b32-13-. The quantitative estimate of drug-likeness (QED) is 0.0814. The number of aryl methyl sites for hydroxylation is 2. The van der Waals surface area contributed by atoms with Crippen LogP contribution < -0.4 is 10.2 Å². The summed E-state index contributed by atoms with van der Waals surface area (Å²) in [6.45, 7) is 6.11. The summed E-state index contributed by atoms with van der Waals surface area (Å²) in [5.41, 5.74) is 7.02. The second kappa shape index (κ2) is 14.0. The van der Waals surface area contributed by atoms with Gasteiger partial charge in [0.25, 0.3) is 17.0 Å². The summed E-state index contributed by atoms with van der Waals surface area (Å²) in [7, 11) is 0. The molecule has 10 nitrogen and oxygen atoms in total. The van der Waals surface area contributed by atoms with Gasteiger partial charge in [-0.2, -0.15) is 5.10 Å². The highest BCUT2D eigenvalue weighted by Gasteiger charge is 2.28. The van der Waals surface area contributed by atoms with Crippen LogP contribution in [0.25, 0.3) is 5.00 Å². The first kappa shape index (κ1) is 31.1. The number of hydrazone groups is 1. The Hall–Kier alpha value is -3.32. The molecule has 0 bridgehead atoms. The zero-order chi connectivity index (χ0) is 30.5. The zero-order valence-corrected chi connectivity index (χ0v) is 26.9. The van der Waals surface area contributed by atoms with Crippen LogP contribution >= 0.6 is 46.3 Å². The maximum Gasteiger partial charge on any atom is 0.341 e. The lowest BCUT2D eigenvalue weighted by molar-refractivity contribution is -0.118. The summed E-state index contributed by atoms with van der Waals surface area (Å²) in [4.78, 5) is 26.7. The Labute approximate surface area is 266 Å². The number of thioether (sulfide) groups is 1. The maximum atomic E-state index is 13.0. The molecule has 0 unspecified atom stereocenters. The van der Waals surface area contributed by atoms with E-state index in [9.17, 15) is 9.59 Å². The van der Waals surface area contributed by atoms with E-state index in [2.05, 4.69) is 25.3 Å². The van der Waals surface area contributed by atoms with E-state index in [-0.39, 0.29) is 35.3 Å². The van der Waals surface area contributed by atoms with Crippen molar-refractivity contribution in [3.05, 3.63) is 73.2 Å². The van der Waals surface area contributed by atoms with Crippen molar-refractivity contribution in [2.75, 3.05) is 12.4 Å². The van der Waals surface area contributed by atoms with Crippen LogP contribution in [0.4, 0.5) is 0 Å². The molecule has 1 N–H and O–H groups in total. The smallest absolute Gasteiger partial charge is 0.341 e. The first-order valence-electron chi connectivity index (χ1n) is 13.6. The number of carbonyl (C=O) groups excluding carboxylic acids is 2. The Morgan fingerprint density at radius 1 is 1.21 bits per heavy atom. The molecule has 1 amide bonds. The number of aromatic nitrogens is 3. The number of amides is 1. The molecule has 226 valence electrons. The van der Waals surface area contributed by atoms with Gasteiger partial charge in [0, 0.05) is 26.9 Å². The van der Waals surface area contributed by atoms with Gasteiger partial charge < -0.3 is 18.5 Å². The minimum atomic E-state index is -0.338. The number of benzene rings is 1. The Bertz CT molecular complexity index is 1680. The molecule has 3 aromatic heterocycles. The fraction of sp³-hybridized carbons (Fsp3) is 0.345. The summed E-state index contributed by atoms with van der Waals surface area (Å²) < 4.78 is 18.6. The SMILES string of the molecule is CCOC(=O)c1c(-n2c(C)cc(/C=N\NC(=O)CSc3nnc(COc4ccc(Cl)cc4Cl)o3)c2C)sc2c1CCCC2. The van der Waals surface area contributed by atoms with Crippen molar-refractivity contribution in [1.29, 1.82) is 0 Å². The van der Waals surface area contributed by atoms with E-state index in [0.717, 1.165) is 65.0 Å². The fourth-order valence-electron chi connectivity index (χ4n) is 4.77. The number of halogens is 2. The average Bonchev–Trinajstić information content (AvgIpc) is 3.66. The van der Waals surface area contributed by atoms with E-state index in [4.69, 9.17) is 37.1 Å². The summed E-state index contributed by atoms with van der Waals surface area (Å²) in [6, 6.07) is 6.86. The number of hydrogen-bond acceptors (Lipinski definition) is 10. The number of nitrogens with one attached hydrogen (secondary N) is 1. The maximum absolute atomic E-state index is 13.0. The molecular formula is C29H29Cl2N5O5S2. The van der Waals surface area contributed by atoms with Crippen LogP contribution in [-0.2, 0) is 29.0 Å². The van der Waals surface area contributed by atoms with E-state index in [1.54, 1.807) is 35.8 Å². The summed E-state index contributed by atoms with van der Waals surface area (Å²) in [6.07, 6.45) is 5.64. The third kappa shape index (κ3) is 7.26. The number of rotatable bonds is 11. The van der Waals surface area contributed by atoms with E-state index < -0.39 is 0 Å². The molecular weight excluding hydrogens is 633 g/mol. The van der Waals surface area contributed by atoms with Crippen molar-refractivity contribution in [2.45, 2.75) is 58.3 Å². The molecule has 1 aliphatic rings. The number of esters is 1. The van der Waals surface area contributed by atoms with Crippen LogP contribution in [0, 0.1) is 13.8 Å². The molecule has 0 radical (unpaired) electrons. The summed E-state index contributed by atoms with van der Waals surface area (Å²) in [5.74, 6) is 0.0714. The van der Waals surface area contributed by atoms with Gasteiger partial charge in [-0.1, -0.05) is 35.0 Å². The summed E-state index contributed by atoms with van der Waals surface area (Å²) >= 11 is 14.7. The van der Waals surface area contributed by atoms with Crippen molar-refractivity contribution in [2.24, 2.45) is 5.10 Å². The third-order valence-electron chi connectivity index (χ3n) is 6.72. The number of fused-ring (bicyclic) bond motifs is 1. The lowest BCUT2D eigenvalue weighted by Crippen LogP contribution is -2.19. The Morgan fingerprint density at radius 3 is 2.81 bits per heavy atom. The van der Waals surface area contributed by atoms with Gasteiger partial charge in [-0.25, -0.2) is 10.2 Å². The Morgan fingerprint density at radius 2 is 2.02 bits per heavy atom. The van der Waals surface area contributed by atoms with Crippen LogP contribution in [0.15, 0.2) is 39.0 Å². The minimum absolute atomic E-state index is 0.0131. The number of thiophene rings is 1. The highest BCUT2D eigenvalue weighted by Crippen LogP contribution is 2.39. The van der Waals surface area contributed by atoms with Crippen molar-refractivity contribution in [3.63, 3.8) is 0 Å². The van der Waals surface area contributed by atoms with Gasteiger partial charge >= 0.3 is 5.97 Å². The van der Waals surface area contributed by atoms with Crippen molar-refractivity contribution in [3.8, 4) is 10.8 Å². The van der Waals surface area contributed by atoms with Gasteiger partial charge in [-0.15, -0.1) is 21.5 Å². The molecule has 5 rings (SSSR count). The highest BCUT2D eigenvalue weighted by atomic mass is 35.5. The van der Waals surface area contributed by atoms with Gasteiger partial charge in [0.15, 0.2) is 6.61 Å². The largest absolute Gasteiger partial charge is 0.482 e. The van der Waals surface area contributed by atoms with Crippen molar-refractivity contribution in [1.82, 2.24) is 20.2 Å². The molecule has 3 heterocycles. The molecule has 0 spiro atoms. The van der Waals surface area contributed by atoms with E-state index >= 15 is 0 Å². The number of carbonyl (C=O) groups is 2. The topological polar surface area (TPSA) is 121 Å². The molecule has 0 fully saturated rings. The monoisotopic (exact) mass is 661 g/mol. The van der Waals surface area contributed by atoms with Gasteiger partial charge in [0.2, 0.25) is 0 Å². The second-order valence-electron chi connectivity index (χ2n) is 9.68. The molecule has 0 aliphatic heterocycles. The predicted molar refractivity (Wildman–Crippen MR) is 167 cm³/mol. The lowest BCUT2D eigenvalue weighted by atomic mass is 9.95. The lowest BCUT2D eigenvalue weighted by Gasteiger charge is -2.13. The van der Waals surface area contributed by atoms with Crippen LogP contribution in [0.3, 0.4) is 0 Å². The Balaban J connectivity index is 1.19. The predicted octanol–water partition coefficient (Wildman–Crippen LogP) is 6.72. The highest BCUT2D eigenvalue weighted by molar-refractivity contribution is 7.99. The van der Waals surface area contributed by atoms with Crippen molar-refractivity contribution < 1.29 is 23.5 Å². The first-order valence-corrected chi connectivity index (χ1v) is 16.2. The average molecular weight is 663 g/mol. The molecule has 43 heavy (non-hydrogen) atoms. The van der Waals surface area contributed by atoms with Crippen molar-refractivity contribution >= 4 is 64.4 Å². The van der Waals surface area contributed by atoms with Gasteiger partial charge in [-0.3, -0.25) is 4.79 Å². The minimum Gasteiger partial charge on any atom is -0.482 e. The van der Waals surface area contributed by atoms with Crippen LogP contribution in [0.2, 0.25) is 10.0 Å². The first-order chi connectivity index (χ1) is 20.7. The molecule has 0 saturated carbocycles. The zero-order valence-electron chi connectivity index (χ0n) is 23.7. The van der Waals surface area contributed by atoms with E-state index in [1.807, 2.05) is 26.8 Å². The van der Waals surface area contributed by atoms with Gasteiger partial charge in [0.05, 0.1) is 29.2 Å². The normalized spacial score (nSPS) is 12.9. The van der Waals surface area contributed by atoms with Gasteiger partial charge in [0.1, 0.15) is 10.8 Å². The number of nitrogens with zero attached hydrogens (tertiary/aromatic N) is 4. The molecule has 14 heteroatoms. The Kier molecular flexibility index (Phi) is 10.1. The fourth-order valence-corrected chi connectivity index (χ4v) is 7.30. The van der Waals surface area contributed by atoms with E-state index in [1.165, 1.54) is 4.88 Å².